The Labute approximate surface area is 152 Å². The SMILES string of the molecule is FC(F)(F)c1cc(N2CC3(CCN(c4cnc5cn[nH]c5n4)C3)C2)ccn1. The first-order valence-corrected chi connectivity index (χ1v) is 8.61. The highest BCUT2D eigenvalue weighted by Crippen LogP contribution is 2.43. The first kappa shape index (κ1) is 16.3. The lowest BCUT2D eigenvalue weighted by Crippen LogP contribution is -2.57. The molecule has 10 heteroatoms. The summed E-state index contributed by atoms with van der Waals surface area (Å²) in [5.74, 6) is 0.797. The zero-order chi connectivity index (χ0) is 18.6. The van der Waals surface area contributed by atoms with Crippen molar-refractivity contribution in [1.29, 1.82) is 0 Å². The van der Waals surface area contributed by atoms with E-state index in [2.05, 4.69) is 30.0 Å². The van der Waals surface area contributed by atoms with Gasteiger partial charge in [0.1, 0.15) is 17.0 Å². The molecule has 0 aromatic carbocycles. The minimum absolute atomic E-state index is 0.0757. The third-order valence-corrected chi connectivity index (χ3v) is 5.36. The summed E-state index contributed by atoms with van der Waals surface area (Å²) >= 11 is 0. The van der Waals surface area contributed by atoms with Gasteiger partial charge in [-0.1, -0.05) is 0 Å². The van der Waals surface area contributed by atoms with Gasteiger partial charge in [0, 0.05) is 43.5 Å². The van der Waals surface area contributed by atoms with Crippen molar-refractivity contribution in [2.45, 2.75) is 12.6 Å². The molecular formula is C17H16F3N7. The van der Waals surface area contributed by atoms with Gasteiger partial charge in [-0.3, -0.25) is 10.1 Å². The summed E-state index contributed by atoms with van der Waals surface area (Å²) in [6.45, 7) is 3.12. The number of aromatic nitrogens is 5. The smallest absolute Gasteiger partial charge is 0.370 e. The minimum atomic E-state index is -4.42. The molecule has 27 heavy (non-hydrogen) atoms. The highest BCUT2D eigenvalue weighted by atomic mass is 19.4. The van der Waals surface area contributed by atoms with Crippen molar-refractivity contribution in [2.75, 3.05) is 36.0 Å². The molecule has 0 saturated carbocycles. The Morgan fingerprint density at radius 2 is 1.89 bits per heavy atom. The monoisotopic (exact) mass is 375 g/mol. The lowest BCUT2D eigenvalue weighted by Gasteiger charge is -2.49. The van der Waals surface area contributed by atoms with Crippen molar-refractivity contribution in [3.8, 4) is 0 Å². The van der Waals surface area contributed by atoms with Crippen molar-refractivity contribution in [3.05, 3.63) is 36.4 Å². The Balaban J connectivity index is 1.29. The maximum Gasteiger partial charge on any atom is 0.433 e. The number of nitrogens with one attached hydrogen (secondary N) is 1. The van der Waals surface area contributed by atoms with Crippen LogP contribution in [-0.2, 0) is 6.18 Å². The van der Waals surface area contributed by atoms with Crippen LogP contribution in [0.1, 0.15) is 12.1 Å². The van der Waals surface area contributed by atoms with Crippen LogP contribution < -0.4 is 9.80 Å². The number of fused-ring (bicyclic) bond motifs is 1. The van der Waals surface area contributed by atoms with Gasteiger partial charge < -0.3 is 9.80 Å². The first-order chi connectivity index (χ1) is 12.9. The lowest BCUT2D eigenvalue weighted by molar-refractivity contribution is -0.141. The molecule has 1 spiro atoms. The van der Waals surface area contributed by atoms with Crippen molar-refractivity contribution in [3.63, 3.8) is 0 Å². The van der Waals surface area contributed by atoms with E-state index in [1.807, 2.05) is 4.90 Å². The van der Waals surface area contributed by atoms with Crippen LogP contribution in [0.2, 0.25) is 0 Å². The molecule has 5 heterocycles. The Bertz CT molecular complexity index is 993. The van der Waals surface area contributed by atoms with Crippen molar-refractivity contribution < 1.29 is 13.2 Å². The molecule has 140 valence electrons. The maximum absolute atomic E-state index is 12.9. The predicted octanol–water partition coefficient (Wildman–Crippen LogP) is 2.48. The fourth-order valence-electron chi connectivity index (χ4n) is 3.98. The molecule has 3 aromatic heterocycles. The fraction of sp³-hybridized carbons (Fsp3) is 0.412. The van der Waals surface area contributed by atoms with Crippen LogP contribution in [-0.4, -0.2) is 51.3 Å². The fourth-order valence-corrected chi connectivity index (χ4v) is 3.98. The summed E-state index contributed by atoms with van der Waals surface area (Å²) in [6.07, 6.45) is 1.15. The van der Waals surface area contributed by atoms with Crippen molar-refractivity contribution in [1.82, 2.24) is 25.1 Å². The van der Waals surface area contributed by atoms with Gasteiger partial charge in [-0.05, 0) is 18.6 Å². The molecule has 2 fully saturated rings. The van der Waals surface area contributed by atoms with Crippen LogP contribution in [0.4, 0.5) is 24.7 Å². The summed E-state index contributed by atoms with van der Waals surface area (Å²) in [7, 11) is 0. The van der Waals surface area contributed by atoms with E-state index >= 15 is 0 Å². The second kappa shape index (κ2) is 5.54. The molecule has 0 radical (unpaired) electrons. The molecule has 0 bridgehead atoms. The number of alkyl halides is 3. The van der Waals surface area contributed by atoms with Gasteiger partial charge in [0.25, 0.3) is 0 Å². The standard InChI is InChI=1S/C17H16F3N7/c18-17(19,20)13-5-11(1-3-21-13)27-9-16(10-27)2-4-26(8-16)14-7-22-12-6-23-25-15(12)24-14/h1,3,5-7H,2,4,8-10H2,(H,23,24,25). The van der Waals surface area contributed by atoms with E-state index in [4.69, 9.17) is 0 Å². The average molecular weight is 375 g/mol. The molecule has 0 atom stereocenters. The number of H-pyrrole nitrogens is 1. The minimum Gasteiger partial charge on any atom is -0.370 e. The number of pyridine rings is 1. The van der Waals surface area contributed by atoms with Gasteiger partial charge >= 0.3 is 6.18 Å². The van der Waals surface area contributed by atoms with Crippen LogP contribution in [0, 0.1) is 5.41 Å². The molecule has 7 nitrogen and oxygen atoms in total. The molecule has 0 aliphatic carbocycles. The van der Waals surface area contributed by atoms with Gasteiger partial charge in [0.15, 0.2) is 5.65 Å². The molecule has 1 N–H and O–H groups in total. The molecular weight excluding hydrogens is 359 g/mol. The molecule has 2 aliphatic heterocycles. The summed E-state index contributed by atoms with van der Waals surface area (Å²) in [5, 5.41) is 6.75. The van der Waals surface area contributed by atoms with E-state index in [-0.39, 0.29) is 5.41 Å². The summed E-state index contributed by atoms with van der Waals surface area (Å²) < 4.78 is 38.6. The van der Waals surface area contributed by atoms with Gasteiger partial charge in [-0.25, -0.2) is 9.97 Å². The van der Waals surface area contributed by atoms with Gasteiger partial charge in [0.05, 0.1) is 12.4 Å². The summed E-state index contributed by atoms with van der Waals surface area (Å²) in [4.78, 5) is 16.5. The Hall–Kier alpha value is -2.91. The normalized spacial score (nSPS) is 19.1. The number of hydrogen-bond acceptors (Lipinski definition) is 6. The van der Waals surface area contributed by atoms with Crippen LogP contribution in [0.25, 0.3) is 11.2 Å². The van der Waals surface area contributed by atoms with Crippen LogP contribution in [0.3, 0.4) is 0 Å². The van der Waals surface area contributed by atoms with Gasteiger partial charge in [-0.2, -0.15) is 18.3 Å². The van der Waals surface area contributed by atoms with E-state index in [1.165, 1.54) is 6.20 Å². The van der Waals surface area contributed by atoms with Crippen molar-refractivity contribution in [2.24, 2.45) is 5.41 Å². The molecule has 2 aliphatic rings. The van der Waals surface area contributed by atoms with E-state index in [0.717, 1.165) is 50.0 Å². The first-order valence-electron chi connectivity index (χ1n) is 8.61. The maximum atomic E-state index is 12.9. The average Bonchev–Trinajstić information content (AvgIpc) is 3.26. The van der Waals surface area contributed by atoms with Gasteiger partial charge in [0.2, 0.25) is 0 Å². The second-order valence-corrected chi connectivity index (χ2v) is 7.26. The quantitative estimate of drug-likeness (QED) is 0.742. The Morgan fingerprint density at radius 1 is 1.07 bits per heavy atom. The molecule has 0 unspecified atom stereocenters. The largest absolute Gasteiger partial charge is 0.433 e. The number of halogens is 3. The third-order valence-electron chi connectivity index (χ3n) is 5.36. The zero-order valence-corrected chi connectivity index (χ0v) is 14.2. The summed E-state index contributed by atoms with van der Waals surface area (Å²) in [5.41, 5.74) is 1.17. The lowest BCUT2D eigenvalue weighted by atomic mass is 9.79. The molecule has 2 saturated heterocycles. The number of anilines is 2. The van der Waals surface area contributed by atoms with E-state index in [9.17, 15) is 13.2 Å². The van der Waals surface area contributed by atoms with Crippen LogP contribution in [0.15, 0.2) is 30.7 Å². The van der Waals surface area contributed by atoms with Gasteiger partial charge in [-0.15, -0.1) is 0 Å². The zero-order valence-electron chi connectivity index (χ0n) is 14.2. The highest BCUT2D eigenvalue weighted by molar-refractivity contribution is 5.70. The molecule has 3 aromatic rings. The number of nitrogens with zero attached hydrogens (tertiary/aromatic N) is 6. The highest BCUT2D eigenvalue weighted by Gasteiger charge is 2.48. The van der Waals surface area contributed by atoms with E-state index in [1.54, 1.807) is 18.5 Å². The topological polar surface area (TPSA) is 73.8 Å². The summed E-state index contributed by atoms with van der Waals surface area (Å²) in [6, 6.07) is 2.75. The van der Waals surface area contributed by atoms with E-state index < -0.39 is 11.9 Å². The third kappa shape index (κ3) is 2.75. The number of aromatic amines is 1. The number of hydrogen-bond donors (Lipinski definition) is 1. The van der Waals surface area contributed by atoms with Crippen molar-refractivity contribution >= 4 is 22.7 Å². The van der Waals surface area contributed by atoms with E-state index in [0.29, 0.717) is 11.3 Å². The number of rotatable bonds is 2. The molecule has 5 rings (SSSR count). The molecule has 0 amide bonds. The van der Waals surface area contributed by atoms with Crippen LogP contribution >= 0.6 is 0 Å². The second-order valence-electron chi connectivity index (χ2n) is 7.26. The predicted molar refractivity (Wildman–Crippen MR) is 92.4 cm³/mol. The Kier molecular flexibility index (Phi) is 3.34. The Morgan fingerprint density at radius 3 is 2.70 bits per heavy atom. The van der Waals surface area contributed by atoms with Crippen LogP contribution in [0.5, 0.6) is 0 Å².